The van der Waals surface area contributed by atoms with Crippen LogP contribution in [0.5, 0.6) is 11.5 Å². The average molecular weight is 467 g/mol. The first kappa shape index (κ1) is 23.2. The molecule has 1 N–H and O–H groups in total. The molecule has 0 radical (unpaired) electrons. The van der Waals surface area contributed by atoms with Crippen LogP contribution in [0.3, 0.4) is 0 Å². The van der Waals surface area contributed by atoms with E-state index in [1.807, 2.05) is 43.3 Å². The Morgan fingerprint density at radius 1 is 1.00 bits per heavy atom. The maximum Gasteiger partial charge on any atom is 0.266 e. The van der Waals surface area contributed by atoms with Crippen LogP contribution in [0.25, 0.3) is 6.08 Å². The molecule has 0 aromatic heterocycles. The summed E-state index contributed by atoms with van der Waals surface area (Å²) in [6.45, 7) is 2.69. The Balaban J connectivity index is 1.81. The van der Waals surface area contributed by atoms with Gasteiger partial charge >= 0.3 is 0 Å². The molecular formula is C25H20Cl2N2O3. The third-order valence-electron chi connectivity index (χ3n) is 4.38. The topological polar surface area (TPSA) is 71.3 Å². The van der Waals surface area contributed by atoms with Crippen LogP contribution >= 0.6 is 23.2 Å². The summed E-state index contributed by atoms with van der Waals surface area (Å²) in [5.41, 5.74) is 1.78. The molecule has 0 aliphatic heterocycles. The van der Waals surface area contributed by atoms with Crippen molar-refractivity contribution in [3.63, 3.8) is 0 Å². The molecule has 0 fully saturated rings. The number of nitrogens with one attached hydrogen (secondary N) is 1. The maximum absolute atomic E-state index is 12.6. The van der Waals surface area contributed by atoms with E-state index in [4.69, 9.17) is 32.7 Å². The summed E-state index contributed by atoms with van der Waals surface area (Å²) in [5.74, 6) is 0.465. The largest absolute Gasteiger partial charge is 0.490 e. The lowest BCUT2D eigenvalue weighted by atomic mass is 10.1. The molecule has 0 aliphatic rings. The van der Waals surface area contributed by atoms with Gasteiger partial charge in [-0.1, -0.05) is 65.7 Å². The van der Waals surface area contributed by atoms with Crippen molar-refractivity contribution < 1.29 is 14.3 Å². The summed E-state index contributed by atoms with van der Waals surface area (Å²) in [7, 11) is 0. The molecule has 0 heterocycles. The number of benzene rings is 3. The molecule has 0 unspecified atom stereocenters. The van der Waals surface area contributed by atoms with Gasteiger partial charge in [-0.05, 0) is 48.4 Å². The number of nitrogens with zero attached hydrogens (tertiary/aromatic N) is 1. The summed E-state index contributed by atoms with van der Waals surface area (Å²) < 4.78 is 11.6. The number of carbonyl (C=O) groups is 1. The molecule has 0 bridgehead atoms. The molecule has 0 saturated carbocycles. The Labute approximate surface area is 196 Å². The average Bonchev–Trinajstić information content (AvgIpc) is 2.80. The lowest BCUT2D eigenvalue weighted by Gasteiger charge is -2.13. The number of anilines is 1. The first-order chi connectivity index (χ1) is 15.5. The second-order valence-electron chi connectivity index (χ2n) is 6.63. The quantitative estimate of drug-likeness (QED) is 0.303. The van der Waals surface area contributed by atoms with Crippen molar-refractivity contribution in [3.05, 3.63) is 93.5 Å². The van der Waals surface area contributed by atoms with Crippen LogP contribution in [-0.2, 0) is 11.4 Å². The Kier molecular flexibility index (Phi) is 8.15. The summed E-state index contributed by atoms with van der Waals surface area (Å²) in [4.78, 5) is 12.6. The molecule has 0 atom stereocenters. The minimum Gasteiger partial charge on any atom is -0.490 e. The monoisotopic (exact) mass is 466 g/mol. The van der Waals surface area contributed by atoms with E-state index in [1.165, 1.54) is 6.08 Å². The smallest absolute Gasteiger partial charge is 0.266 e. The molecule has 5 nitrogen and oxygen atoms in total. The van der Waals surface area contributed by atoms with E-state index in [1.54, 1.807) is 36.4 Å². The summed E-state index contributed by atoms with van der Waals surface area (Å²) in [6.07, 6.45) is 1.46. The molecular weight excluding hydrogens is 447 g/mol. The van der Waals surface area contributed by atoms with Crippen molar-refractivity contribution in [2.24, 2.45) is 0 Å². The highest BCUT2D eigenvalue weighted by atomic mass is 35.5. The van der Waals surface area contributed by atoms with Crippen LogP contribution in [0.15, 0.2) is 72.3 Å². The second-order valence-corrected chi connectivity index (χ2v) is 7.45. The van der Waals surface area contributed by atoms with Crippen molar-refractivity contribution in [1.82, 2.24) is 0 Å². The molecule has 3 rings (SSSR count). The van der Waals surface area contributed by atoms with Crippen molar-refractivity contribution in [2.45, 2.75) is 13.5 Å². The van der Waals surface area contributed by atoms with E-state index < -0.39 is 5.91 Å². The first-order valence-corrected chi connectivity index (χ1v) is 10.6. The third kappa shape index (κ3) is 6.04. The number of nitriles is 1. The van der Waals surface area contributed by atoms with Crippen LogP contribution in [-0.4, -0.2) is 12.5 Å². The van der Waals surface area contributed by atoms with Crippen LogP contribution in [0.1, 0.15) is 18.1 Å². The van der Waals surface area contributed by atoms with E-state index in [0.717, 1.165) is 5.56 Å². The Morgan fingerprint density at radius 2 is 1.72 bits per heavy atom. The highest BCUT2D eigenvalue weighted by Crippen LogP contribution is 2.32. The molecule has 162 valence electrons. The number of para-hydroxylation sites is 1. The van der Waals surface area contributed by atoms with Crippen LogP contribution in [0, 0.1) is 11.3 Å². The summed E-state index contributed by atoms with van der Waals surface area (Å²) >= 11 is 12.2. The van der Waals surface area contributed by atoms with Gasteiger partial charge in [0.1, 0.15) is 18.2 Å². The number of carbonyl (C=O) groups excluding carboxylic acids is 1. The number of hydrogen-bond donors (Lipinski definition) is 1. The minimum absolute atomic E-state index is 0.110. The Bertz CT molecular complexity index is 1150. The molecule has 0 aliphatic carbocycles. The van der Waals surface area contributed by atoms with Gasteiger partial charge in [0, 0.05) is 0 Å². The zero-order chi connectivity index (χ0) is 22.9. The van der Waals surface area contributed by atoms with Gasteiger partial charge < -0.3 is 14.8 Å². The van der Waals surface area contributed by atoms with Gasteiger partial charge in [0.05, 0.1) is 22.3 Å². The van der Waals surface area contributed by atoms with E-state index in [2.05, 4.69) is 5.32 Å². The van der Waals surface area contributed by atoms with E-state index in [9.17, 15) is 10.1 Å². The number of hydrogen-bond acceptors (Lipinski definition) is 4. The number of halogens is 2. The molecule has 32 heavy (non-hydrogen) atoms. The van der Waals surface area contributed by atoms with Gasteiger partial charge in [0.25, 0.3) is 5.91 Å². The van der Waals surface area contributed by atoms with Crippen molar-refractivity contribution in [1.29, 1.82) is 5.26 Å². The molecule has 3 aromatic carbocycles. The lowest BCUT2D eigenvalue weighted by Crippen LogP contribution is -2.14. The highest BCUT2D eigenvalue weighted by Gasteiger charge is 2.15. The fourth-order valence-electron chi connectivity index (χ4n) is 2.85. The van der Waals surface area contributed by atoms with Crippen LogP contribution in [0.2, 0.25) is 10.0 Å². The van der Waals surface area contributed by atoms with E-state index >= 15 is 0 Å². The highest BCUT2D eigenvalue weighted by molar-refractivity contribution is 6.40. The maximum atomic E-state index is 12.6. The Morgan fingerprint density at radius 3 is 2.38 bits per heavy atom. The second kappa shape index (κ2) is 11.2. The van der Waals surface area contributed by atoms with Gasteiger partial charge in [0.2, 0.25) is 0 Å². The van der Waals surface area contributed by atoms with Gasteiger partial charge in [-0.3, -0.25) is 4.79 Å². The van der Waals surface area contributed by atoms with E-state index in [-0.39, 0.29) is 21.3 Å². The van der Waals surface area contributed by atoms with E-state index in [0.29, 0.717) is 30.3 Å². The first-order valence-electron chi connectivity index (χ1n) is 9.82. The zero-order valence-corrected chi connectivity index (χ0v) is 18.8. The fourth-order valence-corrected chi connectivity index (χ4v) is 3.34. The minimum atomic E-state index is -0.620. The number of rotatable bonds is 8. The van der Waals surface area contributed by atoms with Gasteiger partial charge in [0.15, 0.2) is 11.5 Å². The van der Waals surface area contributed by atoms with Gasteiger partial charge in [-0.25, -0.2) is 0 Å². The fraction of sp³-hybridized carbons (Fsp3) is 0.120. The third-order valence-corrected chi connectivity index (χ3v) is 5.01. The number of ether oxygens (including phenoxy) is 2. The van der Waals surface area contributed by atoms with Crippen molar-refractivity contribution >= 4 is 40.9 Å². The predicted molar refractivity (Wildman–Crippen MR) is 127 cm³/mol. The molecule has 0 saturated heterocycles. The molecule has 7 heteroatoms. The summed E-state index contributed by atoms with van der Waals surface area (Å²) in [5, 5.41) is 12.7. The SMILES string of the molecule is CCOc1cc(/C=C(\C#N)C(=O)Nc2c(Cl)cccc2Cl)ccc1OCc1ccccc1. The lowest BCUT2D eigenvalue weighted by molar-refractivity contribution is -0.112. The van der Waals surface area contributed by atoms with Crippen molar-refractivity contribution in [3.8, 4) is 17.6 Å². The molecule has 3 aromatic rings. The predicted octanol–water partition coefficient (Wildman–Crippen LogP) is 6.52. The number of amides is 1. The van der Waals surface area contributed by atoms with Gasteiger partial charge in [-0.15, -0.1) is 0 Å². The zero-order valence-electron chi connectivity index (χ0n) is 17.3. The van der Waals surface area contributed by atoms with Gasteiger partial charge in [-0.2, -0.15) is 5.26 Å². The Hall–Kier alpha value is -3.46. The van der Waals surface area contributed by atoms with Crippen LogP contribution in [0.4, 0.5) is 5.69 Å². The van der Waals surface area contributed by atoms with Crippen molar-refractivity contribution in [2.75, 3.05) is 11.9 Å². The molecule has 1 amide bonds. The van der Waals surface area contributed by atoms with Crippen LogP contribution < -0.4 is 14.8 Å². The molecule has 0 spiro atoms. The normalized spacial score (nSPS) is 10.9. The summed E-state index contributed by atoms with van der Waals surface area (Å²) in [6, 6.07) is 21.8. The standard InChI is InChI=1S/C25H20Cl2N2O3/c1-2-31-23-14-18(11-12-22(23)32-16-17-7-4-3-5-8-17)13-19(15-28)25(30)29-24-20(26)9-6-10-21(24)27/h3-14H,2,16H2,1H3,(H,29,30)/b19-13+.